The minimum atomic E-state index is -0.526. The fraction of sp³-hybridized carbons (Fsp3) is 0.368. The maximum absolute atomic E-state index is 11.0. The van der Waals surface area contributed by atoms with Crippen LogP contribution in [0.1, 0.15) is 42.6 Å². The van der Waals surface area contributed by atoms with E-state index < -0.39 is 5.91 Å². The number of nitrogens with two attached hydrogens (primary N) is 1. The summed E-state index contributed by atoms with van der Waals surface area (Å²) in [5.74, 6) is 1.08. The van der Waals surface area contributed by atoms with Crippen molar-refractivity contribution in [1.29, 1.82) is 0 Å². The number of hydrogen-bond donors (Lipinski definition) is 2. The maximum Gasteiger partial charge on any atom is 0.250 e. The van der Waals surface area contributed by atoms with Gasteiger partial charge in [-0.15, -0.1) is 0 Å². The molecule has 1 unspecified atom stereocenters. The summed E-state index contributed by atoms with van der Waals surface area (Å²) in [5.41, 5.74) is 6.61. The van der Waals surface area contributed by atoms with Gasteiger partial charge in [0.15, 0.2) is 0 Å². The number of aromatic nitrogens is 1. The summed E-state index contributed by atoms with van der Waals surface area (Å²) < 4.78 is 5.65. The number of primary amides is 1. The van der Waals surface area contributed by atoms with Crippen LogP contribution in [-0.4, -0.2) is 17.4 Å². The average molecular weight is 362 g/mol. The zero-order valence-corrected chi connectivity index (χ0v) is 15.3. The SMILES string of the molecule is CCC(C)CCNCc1ccc(Oc2ccc(C(N)=O)cn2)c(Cl)c1. The summed E-state index contributed by atoms with van der Waals surface area (Å²) in [6, 6.07) is 8.81. The molecule has 25 heavy (non-hydrogen) atoms. The van der Waals surface area contributed by atoms with Crippen LogP contribution in [0.4, 0.5) is 0 Å². The number of pyridine rings is 1. The Morgan fingerprint density at radius 2 is 2.16 bits per heavy atom. The summed E-state index contributed by atoms with van der Waals surface area (Å²) in [7, 11) is 0. The molecule has 0 radical (unpaired) electrons. The Morgan fingerprint density at radius 3 is 2.76 bits per heavy atom. The van der Waals surface area contributed by atoms with Gasteiger partial charge in [0.1, 0.15) is 5.75 Å². The Balaban J connectivity index is 1.91. The van der Waals surface area contributed by atoms with Crippen LogP contribution in [0.3, 0.4) is 0 Å². The molecule has 2 aromatic rings. The van der Waals surface area contributed by atoms with E-state index in [1.807, 2.05) is 18.2 Å². The molecule has 0 fully saturated rings. The fourth-order valence-corrected chi connectivity index (χ4v) is 2.46. The van der Waals surface area contributed by atoms with Crippen LogP contribution in [0, 0.1) is 5.92 Å². The van der Waals surface area contributed by atoms with E-state index in [0.717, 1.165) is 24.6 Å². The molecule has 134 valence electrons. The van der Waals surface area contributed by atoms with Crippen LogP contribution in [0.25, 0.3) is 0 Å². The smallest absolute Gasteiger partial charge is 0.250 e. The van der Waals surface area contributed by atoms with Gasteiger partial charge in [0.2, 0.25) is 11.8 Å². The number of hydrogen-bond acceptors (Lipinski definition) is 4. The van der Waals surface area contributed by atoms with Crippen LogP contribution in [0.15, 0.2) is 36.5 Å². The summed E-state index contributed by atoms with van der Waals surface area (Å²) in [6.07, 6.45) is 3.74. The number of carbonyl (C=O) groups is 1. The molecule has 6 heteroatoms. The summed E-state index contributed by atoms with van der Waals surface area (Å²) in [5, 5.41) is 3.94. The highest BCUT2D eigenvalue weighted by Crippen LogP contribution is 2.29. The molecule has 0 aliphatic heterocycles. The molecular weight excluding hydrogens is 338 g/mol. The van der Waals surface area contributed by atoms with Gasteiger partial charge in [0, 0.05) is 18.8 Å². The van der Waals surface area contributed by atoms with E-state index >= 15 is 0 Å². The number of ether oxygens (including phenoxy) is 1. The lowest BCUT2D eigenvalue weighted by molar-refractivity contribution is 0.1000. The first-order chi connectivity index (χ1) is 12.0. The van der Waals surface area contributed by atoms with Crippen LogP contribution in [0.2, 0.25) is 5.02 Å². The largest absolute Gasteiger partial charge is 0.437 e. The summed E-state index contributed by atoms with van der Waals surface area (Å²) in [6.45, 7) is 6.22. The Hall–Kier alpha value is -2.11. The van der Waals surface area contributed by atoms with E-state index in [4.69, 9.17) is 22.1 Å². The normalized spacial score (nSPS) is 12.0. The molecule has 0 aliphatic rings. The zero-order valence-electron chi connectivity index (χ0n) is 14.6. The van der Waals surface area contributed by atoms with Gasteiger partial charge in [-0.05, 0) is 42.6 Å². The molecular formula is C19H24ClN3O2. The lowest BCUT2D eigenvalue weighted by Gasteiger charge is -2.11. The van der Waals surface area contributed by atoms with Gasteiger partial charge < -0.3 is 15.8 Å². The van der Waals surface area contributed by atoms with Gasteiger partial charge in [-0.25, -0.2) is 4.98 Å². The van der Waals surface area contributed by atoms with Crippen LogP contribution >= 0.6 is 11.6 Å². The number of nitrogens with one attached hydrogen (secondary N) is 1. The van der Waals surface area contributed by atoms with Crippen molar-refractivity contribution in [3.63, 3.8) is 0 Å². The van der Waals surface area contributed by atoms with Gasteiger partial charge in [0.05, 0.1) is 10.6 Å². The third kappa shape index (κ3) is 6.03. The van der Waals surface area contributed by atoms with Gasteiger partial charge in [-0.1, -0.05) is 37.9 Å². The Morgan fingerprint density at radius 1 is 1.36 bits per heavy atom. The molecule has 3 N–H and O–H groups in total. The van der Waals surface area contributed by atoms with Crippen molar-refractivity contribution in [3.05, 3.63) is 52.7 Å². The standard InChI is InChI=1S/C19H24ClN3O2/c1-3-13(2)8-9-22-11-14-4-6-17(16(20)10-14)25-18-7-5-15(12-23-18)19(21)24/h4-7,10,12-13,22H,3,8-9,11H2,1-2H3,(H2,21,24). The Labute approximate surface area is 153 Å². The summed E-state index contributed by atoms with van der Waals surface area (Å²) in [4.78, 5) is 15.1. The predicted octanol–water partition coefficient (Wildman–Crippen LogP) is 4.15. The first-order valence-corrected chi connectivity index (χ1v) is 8.80. The van der Waals surface area contributed by atoms with Crippen molar-refractivity contribution < 1.29 is 9.53 Å². The lowest BCUT2D eigenvalue weighted by Crippen LogP contribution is -2.16. The molecule has 1 heterocycles. The van der Waals surface area contributed by atoms with E-state index in [0.29, 0.717) is 22.2 Å². The molecule has 0 saturated carbocycles. The van der Waals surface area contributed by atoms with Gasteiger partial charge in [-0.3, -0.25) is 4.79 Å². The monoisotopic (exact) mass is 361 g/mol. The minimum absolute atomic E-state index is 0.331. The maximum atomic E-state index is 11.0. The van der Waals surface area contributed by atoms with Crippen molar-refractivity contribution in [3.8, 4) is 11.6 Å². The molecule has 1 amide bonds. The second-order valence-corrected chi connectivity index (χ2v) is 6.50. The van der Waals surface area contributed by atoms with E-state index in [1.54, 1.807) is 12.1 Å². The highest BCUT2D eigenvalue weighted by Gasteiger charge is 2.07. The Bertz CT molecular complexity index is 704. The first kappa shape index (κ1) is 19.2. The van der Waals surface area contributed by atoms with Crippen LogP contribution in [-0.2, 0) is 6.54 Å². The van der Waals surface area contributed by atoms with E-state index in [2.05, 4.69) is 24.1 Å². The highest BCUT2D eigenvalue weighted by atomic mass is 35.5. The van der Waals surface area contributed by atoms with Gasteiger partial charge in [0.25, 0.3) is 0 Å². The molecule has 2 rings (SSSR count). The Kier molecular flexibility index (Phi) is 7.22. The molecule has 0 bridgehead atoms. The molecule has 0 aliphatic carbocycles. The predicted molar refractivity (Wildman–Crippen MR) is 100 cm³/mol. The van der Waals surface area contributed by atoms with E-state index in [1.165, 1.54) is 19.0 Å². The number of carbonyl (C=O) groups excluding carboxylic acids is 1. The number of rotatable bonds is 9. The number of amides is 1. The minimum Gasteiger partial charge on any atom is -0.437 e. The van der Waals surface area contributed by atoms with E-state index in [-0.39, 0.29) is 0 Å². The van der Waals surface area contributed by atoms with Crippen LogP contribution < -0.4 is 15.8 Å². The topological polar surface area (TPSA) is 77.2 Å². The number of nitrogens with zero attached hydrogens (tertiary/aromatic N) is 1. The number of halogens is 1. The third-order valence-corrected chi connectivity index (χ3v) is 4.37. The molecule has 0 saturated heterocycles. The lowest BCUT2D eigenvalue weighted by atomic mass is 10.1. The quantitative estimate of drug-likeness (QED) is 0.657. The van der Waals surface area contributed by atoms with Crippen molar-refractivity contribution >= 4 is 17.5 Å². The third-order valence-electron chi connectivity index (χ3n) is 4.07. The second kappa shape index (κ2) is 9.39. The zero-order chi connectivity index (χ0) is 18.2. The van der Waals surface area contributed by atoms with Gasteiger partial charge in [-0.2, -0.15) is 0 Å². The molecule has 0 spiro atoms. The van der Waals surface area contributed by atoms with Crippen molar-refractivity contribution in [2.24, 2.45) is 11.7 Å². The summed E-state index contributed by atoms with van der Waals surface area (Å²) >= 11 is 6.29. The van der Waals surface area contributed by atoms with Gasteiger partial charge >= 0.3 is 0 Å². The van der Waals surface area contributed by atoms with Crippen LogP contribution in [0.5, 0.6) is 11.6 Å². The van der Waals surface area contributed by atoms with Crippen molar-refractivity contribution in [1.82, 2.24) is 10.3 Å². The van der Waals surface area contributed by atoms with Crippen molar-refractivity contribution in [2.75, 3.05) is 6.54 Å². The number of benzene rings is 1. The highest BCUT2D eigenvalue weighted by molar-refractivity contribution is 6.32. The first-order valence-electron chi connectivity index (χ1n) is 8.42. The second-order valence-electron chi connectivity index (χ2n) is 6.10. The molecule has 5 nitrogen and oxygen atoms in total. The molecule has 1 atom stereocenters. The average Bonchev–Trinajstić information content (AvgIpc) is 2.61. The van der Waals surface area contributed by atoms with E-state index in [9.17, 15) is 4.79 Å². The fourth-order valence-electron chi connectivity index (χ4n) is 2.22. The molecule has 1 aromatic carbocycles. The molecule has 1 aromatic heterocycles. The van der Waals surface area contributed by atoms with Crippen molar-refractivity contribution in [2.45, 2.75) is 33.2 Å².